The fourth-order valence-corrected chi connectivity index (χ4v) is 4.99. The van der Waals surface area contributed by atoms with Crippen LogP contribution in [0.3, 0.4) is 0 Å². The van der Waals surface area contributed by atoms with Crippen molar-refractivity contribution >= 4 is 19.2 Å². The second-order valence-electron chi connectivity index (χ2n) is 4.67. The lowest BCUT2D eigenvalue weighted by Crippen LogP contribution is -2.41. The summed E-state index contributed by atoms with van der Waals surface area (Å²) < 4.78 is 0. The molecular formula is C17H21Si. The number of unbranched alkanes of at least 4 members (excludes halogenated alkanes) is 2. The molecule has 93 valence electrons. The number of benzene rings is 2. The van der Waals surface area contributed by atoms with Crippen LogP contribution in [0.2, 0.25) is 6.04 Å². The van der Waals surface area contributed by atoms with Crippen molar-refractivity contribution in [1.82, 2.24) is 0 Å². The van der Waals surface area contributed by atoms with E-state index < -0.39 is 8.80 Å². The Labute approximate surface area is 112 Å². The largest absolute Gasteiger partial charge is 0.121 e. The maximum Gasteiger partial charge on any atom is 0.121 e. The van der Waals surface area contributed by atoms with E-state index >= 15 is 0 Å². The third-order valence-electron chi connectivity index (χ3n) is 3.27. The van der Waals surface area contributed by atoms with Gasteiger partial charge in [-0.2, -0.15) is 0 Å². The minimum atomic E-state index is -0.572. The van der Waals surface area contributed by atoms with Crippen LogP contribution < -0.4 is 10.4 Å². The molecule has 2 aromatic rings. The zero-order valence-electron chi connectivity index (χ0n) is 11.1. The third-order valence-corrected chi connectivity index (χ3v) is 6.19. The maximum atomic E-state index is 2.30. The van der Waals surface area contributed by atoms with Gasteiger partial charge >= 0.3 is 0 Å². The Kier molecular flexibility index (Phi) is 5.22. The van der Waals surface area contributed by atoms with Gasteiger partial charge in [-0.05, 0) is 0 Å². The molecule has 0 aliphatic rings. The van der Waals surface area contributed by atoms with Crippen LogP contribution in [0.4, 0.5) is 0 Å². The lowest BCUT2D eigenvalue weighted by Gasteiger charge is -2.15. The highest BCUT2D eigenvalue weighted by molar-refractivity contribution is 6.85. The first-order chi connectivity index (χ1) is 8.92. The van der Waals surface area contributed by atoms with Crippen molar-refractivity contribution in [2.75, 3.05) is 0 Å². The van der Waals surface area contributed by atoms with E-state index in [0.29, 0.717) is 0 Å². The summed E-state index contributed by atoms with van der Waals surface area (Å²) in [5.41, 5.74) is 0. The Morgan fingerprint density at radius 3 is 1.67 bits per heavy atom. The second-order valence-corrected chi connectivity index (χ2v) is 7.28. The molecule has 1 radical (unpaired) electrons. The van der Waals surface area contributed by atoms with Gasteiger partial charge in [0.15, 0.2) is 0 Å². The van der Waals surface area contributed by atoms with E-state index in [4.69, 9.17) is 0 Å². The quantitative estimate of drug-likeness (QED) is 0.546. The Bertz CT molecular complexity index is 396. The molecule has 2 aromatic carbocycles. The van der Waals surface area contributed by atoms with Crippen LogP contribution >= 0.6 is 0 Å². The van der Waals surface area contributed by atoms with Crippen molar-refractivity contribution in [3.8, 4) is 0 Å². The molecule has 0 spiro atoms. The van der Waals surface area contributed by atoms with E-state index in [1.165, 1.54) is 25.3 Å². The zero-order valence-corrected chi connectivity index (χ0v) is 12.1. The molecule has 0 nitrogen and oxygen atoms in total. The molecular weight excluding hydrogens is 232 g/mol. The van der Waals surface area contributed by atoms with Gasteiger partial charge in [0.25, 0.3) is 0 Å². The molecule has 1 heteroatoms. The van der Waals surface area contributed by atoms with E-state index in [9.17, 15) is 0 Å². The van der Waals surface area contributed by atoms with Crippen LogP contribution in [0.1, 0.15) is 26.2 Å². The highest BCUT2D eigenvalue weighted by atomic mass is 28.3. The standard InChI is InChI=1S/C17H21Si/c1-2-3-10-15-18(16-11-6-4-7-12-16)17-13-8-5-9-14-17/h4-9,11-14H,2-3,10,15H2,1H3. The highest BCUT2D eigenvalue weighted by Gasteiger charge is 2.15. The SMILES string of the molecule is CCCCC[Si](c1ccccc1)c1ccccc1. The molecule has 0 aliphatic heterocycles. The first kappa shape index (κ1) is 13.1. The molecule has 0 bridgehead atoms. The fraction of sp³-hybridized carbons (Fsp3) is 0.294. The number of hydrogen-bond donors (Lipinski definition) is 0. The van der Waals surface area contributed by atoms with Gasteiger partial charge in [0.05, 0.1) is 0 Å². The Morgan fingerprint density at radius 2 is 1.22 bits per heavy atom. The van der Waals surface area contributed by atoms with Gasteiger partial charge in [0.1, 0.15) is 8.80 Å². The van der Waals surface area contributed by atoms with Crippen LogP contribution in [0.25, 0.3) is 0 Å². The van der Waals surface area contributed by atoms with Gasteiger partial charge in [0.2, 0.25) is 0 Å². The summed E-state index contributed by atoms with van der Waals surface area (Å²) in [6.45, 7) is 2.28. The van der Waals surface area contributed by atoms with Gasteiger partial charge in [-0.1, -0.05) is 103 Å². The normalized spacial score (nSPS) is 10.8. The molecule has 0 unspecified atom stereocenters. The first-order valence-corrected chi connectivity index (χ1v) is 8.59. The van der Waals surface area contributed by atoms with Crippen molar-refractivity contribution in [1.29, 1.82) is 0 Å². The molecule has 2 rings (SSSR count). The molecule has 0 aromatic heterocycles. The van der Waals surface area contributed by atoms with Crippen molar-refractivity contribution in [2.45, 2.75) is 32.2 Å². The molecule has 0 amide bonds. The Morgan fingerprint density at radius 1 is 0.722 bits per heavy atom. The van der Waals surface area contributed by atoms with Crippen LogP contribution in [-0.2, 0) is 0 Å². The molecule has 0 fully saturated rings. The smallest absolute Gasteiger partial charge is 0.0654 e. The summed E-state index contributed by atoms with van der Waals surface area (Å²) >= 11 is 0. The van der Waals surface area contributed by atoms with E-state index in [-0.39, 0.29) is 0 Å². The molecule has 0 N–H and O–H groups in total. The number of hydrogen-bond acceptors (Lipinski definition) is 0. The van der Waals surface area contributed by atoms with E-state index in [0.717, 1.165) is 0 Å². The first-order valence-electron chi connectivity index (χ1n) is 6.88. The molecule has 0 heterocycles. The highest BCUT2D eigenvalue weighted by Crippen LogP contribution is 2.05. The topological polar surface area (TPSA) is 0 Å². The summed E-state index contributed by atoms with van der Waals surface area (Å²) in [6.07, 6.45) is 4.02. The predicted octanol–water partition coefficient (Wildman–Crippen LogP) is 3.49. The zero-order chi connectivity index (χ0) is 12.6. The van der Waals surface area contributed by atoms with Crippen LogP contribution in [0, 0.1) is 0 Å². The third kappa shape index (κ3) is 3.57. The molecule has 0 saturated carbocycles. The molecule has 0 aliphatic carbocycles. The summed E-state index contributed by atoms with van der Waals surface area (Å²) in [4.78, 5) is 0. The van der Waals surface area contributed by atoms with Crippen LogP contribution in [0.5, 0.6) is 0 Å². The Balaban J connectivity index is 2.18. The van der Waals surface area contributed by atoms with Gasteiger partial charge in [-0.15, -0.1) is 0 Å². The van der Waals surface area contributed by atoms with Gasteiger partial charge in [-0.25, -0.2) is 0 Å². The summed E-state index contributed by atoms with van der Waals surface area (Å²) in [5, 5.41) is 3.09. The van der Waals surface area contributed by atoms with Gasteiger partial charge in [-0.3, -0.25) is 0 Å². The average Bonchev–Trinajstić information content (AvgIpc) is 2.46. The van der Waals surface area contributed by atoms with E-state index in [2.05, 4.69) is 67.6 Å². The van der Waals surface area contributed by atoms with Gasteiger partial charge in [0, 0.05) is 0 Å². The van der Waals surface area contributed by atoms with Crippen LogP contribution in [-0.4, -0.2) is 8.80 Å². The number of rotatable bonds is 6. The fourth-order valence-electron chi connectivity index (χ4n) is 2.29. The minimum Gasteiger partial charge on any atom is -0.0654 e. The minimum absolute atomic E-state index is 0.572. The van der Waals surface area contributed by atoms with Crippen LogP contribution in [0.15, 0.2) is 60.7 Å². The van der Waals surface area contributed by atoms with Crippen molar-refractivity contribution in [2.24, 2.45) is 0 Å². The maximum absolute atomic E-state index is 2.30. The predicted molar refractivity (Wildman–Crippen MR) is 82.2 cm³/mol. The van der Waals surface area contributed by atoms with E-state index in [1.807, 2.05) is 0 Å². The monoisotopic (exact) mass is 253 g/mol. The summed E-state index contributed by atoms with van der Waals surface area (Å²) in [5.74, 6) is 0. The van der Waals surface area contributed by atoms with Gasteiger partial charge < -0.3 is 0 Å². The average molecular weight is 253 g/mol. The van der Waals surface area contributed by atoms with Crippen molar-refractivity contribution < 1.29 is 0 Å². The Hall–Kier alpha value is -1.34. The van der Waals surface area contributed by atoms with Crippen molar-refractivity contribution in [3.63, 3.8) is 0 Å². The molecule has 0 saturated heterocycles. The van der Waals surface area contributed by atoms with E-state index in [1.54, 1.807) is 10.4 Å². The molecule has 0 atom stereocenters. The molecule has 18 heavy (non-hydrogen) atoms. The second kappa shape index (κ2) is 7.17. The summed E-state index contributed by atoms with van der Waals surface area (Å²) in [6, 6.07) is 23.4. The lowest BCUT2D eigenvalue weighted by molar-refractivity contribution is 0.768. The summed E-state index contributed by atoms with van der Waals surface area (Å²) in [7, 11) is -0.572. The van der Waals surface area contributed by atoms with Crippen molar-refractivity contribution in [3.05, 3.63) is 60.7 Å². The lowest BCUT2D eigenvalue weighted by atomic mass is 10.3.